The van der Waals surface area contributed by atoms with E-state index in [1.54, 1.807) is 0 Å². The van der Waals surface area contributed by atoms with E-state index in [4.69, 9.17) is 0 Å². The van der Waals surface area contributed by atoms with Crippen molar-refractivity contribution in [2.45, 2.75) is 12.8 Å². The first-order valence-electron chi connectivity index (χ1n) is 6.53. The van der Waals surface area contributed by atoms with Crippen molar-refractivity contribution >= 4 is 34.9 Å². The van der Waals surface area contributed by atoms with Crippen molar-refractivity contribution in [1.29, 1.82) is 0 Å². The molecule has 4 N–H and O–H groups in total. The van der Waals surface area contributed by atoms with Gasteiger partial charge in [0, 0.05) is 0 Å². The Balaban J connectivity index is 0.00000200. The summed E-state index contributed by atoms with van der Waals surface area (Å²) in [6.45, 7) is 0. The van der Waals surface area contributed by atoms with Gasteiger partial charge in [0.15, 0.2) is 0 Å². The molecular weight excluding hydrogens is 395 g/mol. The topological polar surface area (TPSA) is 36.5 Å². The summed E-state index contributed by atoms with van der Waals surface area (Å²) in [4.78, 5) is 0. The van der Waals surface area contributed by atoms with Gasteiger partial charge >= 0.3 is 132 Å². The van der Waals surface area contributed by atoms with Gasteiger partial charge < -0.3 is 6.15 Å². The first-order valence-corrected chi connectivity index (χ1v) is 13.1. The summed E-state index contributed by atoms with van der Waals surface area (Å²) in [5.41, 5.74) is 2.88. The predicted molar refractivity (Wildman–Crippen MR) is 94.4 cm³/mol. The van der Waals surface area contributed by atoms with Crippen LogP contribution in [0.3, 0.4) is 0 Å². The first-order chi connectivity index (χ1) is 9.16. The number of rotatable bonds is 6. The Morgan fingerprint density at radius 1 is 0.750 bits per heavy atom. The van der Waals surface area contributed by atoms with Crippen LogP contribution in [0.1, 0.15) is 11.1 Å². The predicted octanol–water partition coefficient (Wildman–Crippen LogP) is 4.03. The van der Waals surface area contributed by atoms with Crippen LogP contribution in [0.4, 0.5) is 0 Å². The normalized spacial score (nSPS) is 10.8. The molecule has 0 atom stereocenters. The minimum absolute atomic E-state index is 0. The summed E-state index contributed by atoms with van der Waals surface area (Å²) in [5, 5.41) is 0. The average molecular weight is 417 g/mol. The molecular formula is C16H22NPSe2. The van der Waals surface area contributed by atoms with Crippen molar-refractivity contribution < 1.29 is 0 Å². The Bertz CT molecular complexity index is 495. The fourth-order valence-electron chi connectivity index (χ4n) is 2.00. The molecule has 108 valence electrons. The molecule has 0 amide bonds. The number of hydrogen-bond donors (Lipinski definition) is 1. The summed E-state index contributed by atoms with van der Waals surface area (Å²) < 4.78 is -1.02. The van der Waals surface area contributed by atoms with E-state index in [0.717, 1.165) is 0 Å². The van der Waals surface area contributed by atoms with Crippen LogP contribution in [-0.2, 0) is 12.8 Å². The Morgan fingerprint density at radius 2 is 1.10 bits per heavy atom. The summed E-state index contributed by atoms with van der Waals surface area (Å²) >= 11 is 6.90. The van der Waals surface area contributed by atoms with E-state index < -0.39 is 4.20 Å². The van der Waals surface area contributed by atoms with E-state index in [9.17, 15) is 0 Å². The molecule has 0 unspecified atom stereocenters. The van der Waals surface area contributed by atoms with Crippen LogP contribution in [-0.4, -0.2) is 43.0 Å². The van der Waals surface area contributed by atoms with Gasteiger partial charge in [0.2, 0.25) is 0 Å². The van der Waals surface area contributed by atoms with E-state index in [1.165, 1.54) is 36.3 Å². The maximum atomic E-state index is 3.45. The van der Waals surface area contributed by atoms with Gasteiger partial charge in [-0.2, -0.15) is 0 Å². The molecule has 0 spiro atoms. The molecule has 0 heterocycles. The second kappa shape index (κ2) is 9.00. The van der Waals surface area contributed by atoms with Gasteiger partial charge in [-0.25, -0.2) is 0 Å². The van der Waals surface area contributed by atoms with Crippen molar-refractivity contribution in [3.8, 4) is 0 Å². The zero-order chi connectivity index (χ0) is 13.6. The standard InChI is InChI=1S/C16H19PSe2.H3N/c18-17(19,13-11-15-7-3-1-4-8-15)14-12-16-9-5-2-6-10-16;/h1-10H,11-14H2,(H,18,19);1H3. The minimum atomic E-state index is -1.02. The third-order valence-electron chi connectivity index (χ3n) is 3.17. The van der Waals surface area contributed by atoms with Crippen molar-refractivity contribution in [3.05, 3.63) is 71.8 Å². The molecule has 0 fully saturated rings. The molecule has 0 aliphatic heterocycles. The van der Waals surface area contributed by atoms with E-state index in [1.807, 2.05) is 0 Å². The maximum absolute atomic E-state index is 3.45. The molecule has 0 bridgehead atoms. The van der Waals surface area contributed by atoms with Crippen LogP contribution < -0.4 is 6.15 Å². The van der Waals surface area contributed by atoms with Gasteiger partial charge in [0.1, 0.15) is 0 Å². The van der Waals surface area contributed by atoms with Crippen LogP contribution >= 0.6 is 4.20 Å². The molecule has 1 nitrogen and oxygen atoms in total. The average Bonchev–Trinajstić information content (AvgIpc) is 2.46. The number of hydrogen-bond acceptors (Lipinski definition) is 0. The number of quaternary nitrogens is 1. The second-order valence-corrected chi connectivity index (χ2v) is 19.6. The Kier molecular flexibility index (Phi) is 8.07. The van der Waals surface area contributed by atoms with Crippen LogP contribution in [0.2, 0.25) is 0 Å². The van der Waals surface area contributed by atoms with Gasteiger partial charge in [0.05, 0.1) is 0 Å². The molecule has 4 heteroatoms. The Labute approximate surface area is 137 Å². The van der Waals surface area contributed by atoms with Crippen LogP contribution in [0.5, 0.6) is 0 Å². The Morgan fingerprint density at radius 3 is 1.45 bits per heavy atom. The third-order valence-corrected chi connectivity index (χ3v) is 9.57. The van der Waals surface area contributed by atoms with Crippen molar-refractivity contribution in [2.75, 3.05) is 12.3 Å². The van der Waals surface area contributed by atoms with Gasteiger partial charge in [-0.1, -0.05) is 0 Å². The van der Waals surface area contributed by atoms with Gasteiger partial charge in [0.25, 0.3) is 0 Å². The van der Waals surface area contributed by atoms with Gasteiger partial charge in [-0.3, -0.25) is 0 Å². The van der Waals surface area contributed by atoms with E-state index in [-0.39, 0.29) is 6.15 Å². The summed E-state index contributed by atoms with van der Waals surface area (Å²) in [7, 11) is 0. The monoisotopic (exact) mass is 419 g/mol. The van der Waals surface area contributed by atoms with Gasteiger partial charge in [-0.15, -0.1) is 0 Å². The molecule has 0 aliphatic carbocycles. The summed E-state index contributed by atoms with van der Waals surface area (Å²) in [6, 6.07) is 21.5. The van der Waals surface area contributed by atoms with E-state index in [2.05, 4.69) is 91.3 Å². The molecule has 2 aromatic rings. The molecule has 2 rings (SSSR count). The SMILES string of the molecule is [NH4+].[Se]=P([Se-])(CCc1ccccc1)CCc1ccccc1. The van der Waals surface area contributed by atoms with Crippen LogP contribution in [0.15, 0.2) is 60.7 Å². The molecule has 20 heavy (non-hydrogen) atoms. The fourth-order valence-corrected chi connectivity index (χ4v) is 5.72. The van der Waals surface area contributed by atoms with Crippen LogP contribution in [0, 0.1) is 0 Å². The second-order valence-electron chi connectivity index (χ2n) is 4.73. The fraction of sp³-hybridized carbons (Fsp3) is 0.250. The molecule has 0 saturated carbocycles. The van der Waals surface area contributed by atoms with Crippen molar-refractivity contribution in [1.82, 2.24) is 6.15 Å². The summed E-state index contributed by atoms with van der Waals surface area (Å²) in [6.07, 6.45) is 4.85. The Hall–Kier alpha value is -0.131. The number of benzene rings is 2. The summed E-state index contributed by atoms with van der Waals surface area (Å²) in [5.74, 6) is 0. The number of aryl methyl sites for hydroxylation is 2. The molecule has 0 radical (unpaired) electrons. The molecule has 0 saturated heterocycles. The van der Waals surface area contributed by atoms with Crippen LogP contribution in [0.25, 0.3) is 0 Å². The van der Waals surface area contributed by atoms with Crippen molar-refractivity contribution in [2.24, 2.45) is 0 Å². The van der Waals surface area contributed by atoms with E-state index in [0.29, 0.717) is 0 Å². The van der Waals surface area contributed by atoms with Crippen molar-refractivity contribution in [3.63, 3.8) is 0 Å². The molecule has 0 aromatic heterocycles. The zero-order valence-corrected chi connectivity index (χ0v) is 16.2. The molecule has 0 aliphatic rings. The zero-order valence-electron chi connectivity index (χ0n) is 11.9. The quantitative estimate of drug-likeness (QED) is 0.545. The molecule has 2 aromatic carbocycles. The van der Waals surface area contributed by atoms with E-state index >= 15 is 0 Å². The van der Waals surface area contributed by atoms with Gasteiger partial charge in [-0.05, 0) is 0 Å². The third kappa shape index (κ3) is 6.55. The first kappa shape index (κ1) is 17.9.